The molecule has 0 bridgehead atoms. The highest BCUT2D eigenvalue weighted by atomic mass is 16.5. The lowest BCUT2D eigenvalue weighted by Gasteiger charge is -2.39. The summed E-state index contributed by atoms with van der Waals surface area (Å²) >= 11 is 0. The number of carbonyl (C=O) groups excluding carboxylic acids is 1. The second-order valence-corrected chi connectivity index (χ2v) is 7.90. The van der Waals surface area contributed by atoms with Crippen LogP contribution in [0.3, 0.4) is 0 Å². The summed E-state index contributed by atoms with van der Waals surface area (Å²) in [5.41, 5.74) is 0.705. The molecular weight excluding hydrogens is 330 g/mol. The third-order valence-corrected chi connectivity index (χ3v) is 5.94. The van der Waals surface area contributed by atoms with E-state index in [1.807, 2.05) is 32.0 Å². The number of nitrogens with one attached hydrogen (secondary N) is 1. The van der Waals surface area contributed by atoms with Gasteiger partial charge in [-0.2, -0.15) is 0 Å². The molecule has 2 N–H and O–H groups in total. The van der Waals surface area contributed by atoms with Crippen molar-refractivity contribution in [2.45, 2.75) is 64.8 Å². The first-order valence-electron chi connectivity index (χ1n) is 9.40. The van der Waals surface area contributed by atoms with E-state index in [0.29, 0.717) is 24.7 Å². The number of hydrogen-bond acceptors (Lipinski definition) is 3. The third-order valence-electron chi connectivity index (χ3n) is 5.94. The van der Waals surface area contributed by atoms with Crippen LogP contribution in [-0.4, -0.2) is 29.6 Å². The molecule has 1 atom stereocenters. The van der Waals surface area contributed by atoms with Gasteiger partial charge in [0, 0.05) is 0 Å². The van der Waals surface area contributed by atoms with Crippen molar-refractivity contribution in [3.63, 3.8) is 0 Å². The van der Waals surface area contributed by atoms with Crippen molar-refractivity contribution in [3.8, 4) is 5.75 Å². The molecule has 0 radical (unpaired) electrons. The number of aryl methyl sites for hydroxylation is 1. The summed E-state index contributed by atoms with van der Waals surface area (Å²) in [5, 5.41) is 12.7. The maximum absolute atomic E-state index is 12.8. The maximum atomic E-state index is 12.8. The Kier molecular flexibility index (Phi) is 6.32. The molecule has 0 saturated heterocycles. The molecule has 1 aliphatic rings. The second kappa shape index (κ2) is 8.11. The van der Waals surface area contributed by atoms with Gasteiger partial charge in [0.2, 0.25) is 5.91 Å². The molecule has 1 aromatic carbocycles. The largest absolute Gasteiger partial charge is 0.497 e. The Morgan fingerprint density at radius 1 is 1.23 bits per heavy atom. The van der Waals surface area contributed by atoms with Crippen LogP contribution in [0, 0.1) is 18.8 Å². The van der Waals surface area contributed by atoms with Gasteiger partial charge >= 0.3 is 5.97 Å². The number of carboxylic acid groups (broad SMARTS) is 1. The van der Waals surface area contributed by atoms with Gasteiger partial charge in [-0.3, -0.25) is 4.79 Å². The predicted octanol–water partition coefficient (Wildman–Crippen LogP) is 3.89. The fourth-order valence-corrected chi connectivity index (χ4v) is 3.94. The van der Waals surface area contributed by atoms with Crippen molar-refractivity contribution in [2.24, 2.45) is 11.8 Å². The zero-order valence-corrected chi connectivity index (χ0v) is 16.5. The molecule has 1 fully saturated rings. The molecular formula is C21H31NO4. The van der Waals surface area contributed by atoms with Gasteiger partial charge in [0.25, 0.3) is 0 Å². The molecule has 1 aliphatic carbocycles. The van der Waals surface area contributed by atoms with Crippen molar-refractivity contribution in [2.75, 3.05) is 7.11 Å². The predicted molar refractivity (Wildman–Crippen MR) is 101 cm³/mol. The molecule has 5 nitrogen and oxygen atoms in total. The number of amides is 1. The van der Waals surface area contributed by atoms with Crippen LogP contribution in [0.2, 0.25) is 0 Å². The number of aliphatic carboxylic acids is 1. The molecule has 5 heteroatoms. The average molecular weight is 361 g/mol. The van der Waals surface area contributed by atoms with E-state index >= 15 is 0 Å². The van der Waals surface area contributed by atoms with E-state index in [1.165, 1.54) is 0 Å². The van der Waals surface area contributed by atoms with Crippen LogP contribution >= 0.6 is 0 Å². The number of rotatable bonds is 6. The summed E-state index contributed by atoms with van der Waals surface area (Å²) in [6.45, 7) is 8.10. The van der Waals surface area contributed by atoms with E-state index in [-0.39, 0.29) is 5.91 Å². The van der Waals surface area contributed by atoms with Gasteiger partial charge < -0.3 is 15.2 Å². The minimum atomic E-state index is -1.14. The first-order valence-corrected chi connectivity index (χ1v) is 9.40. The minimum Gasteiger partial charge on any atom is -0.497 e. The first-order chi connectivity index (χ1) is 12.2. The Balaban J connectivity index is 2.14. The molecule has 0 heterocycles. The standard InChI is InChI=1S/C21H31NO4/c1-13(2)16-8-10-21(11-9-16,20(24)25)22-19(23)15(4)18-7-6-17(26-5)12-14(18)3/h6-7,12-13,15-16H,8-11H2,1-5H3,(H,22,23)(H,24,25). The summed E-state index contributed by atoms with van der Waals surface area (Å²) in [7, 11) is 1.61. The lowest BCUT2D eigenvalue weighted by Crippen LogP contribution is -2.57. The van der Waals surface area contributed by atoms with Crippen LogP contribution in [0.25, 0.3) is 0 Å². The normalized spacial score (nSPS) is 24.2. The van der Waals surface area contributed by atoms with Gasteiger partial charge in [-0.25, -0.2) is 4.79 Å². The number of carbonyl (C=O) groups is 2. The molecule has 0 aromatic heterocycles. The number of ether oxygens (including phenoxy) is 1. The van der Waals surface area contributed by atoms with E-state index in [1.54, 1.807) is 7.11 Å². The Morgan fingerprint density at radius 2 is 1.85 bits per heavy atom. The van der Waals surface area contributed by atoms with Gasteiger partial charge in [0.05, 0.1) is 13.0 Å². The fourth-order valence-electron chi connectivity index (χ4n) is 3.94. The number of carboxylic acids is 1. The van der Waals surface area contributed by atoms with Crippen LogP contribution in [0.15, 0.2) is 18.2 Å². The van der Waals surface area contributed by atoms with Gasteiger partial charge in [0.1, 0.15) is 11.3 Å². The van der Waals surface area contributed by atoms with E-state index in [2.05, 4.69) is 19.2 Å². The van der Waals surface area contributed by atoms with Gasteiger partial charge in [-0.15, -0.1) is 0 Å². The topological polar surface area (TPSA) is 75.6 Å². The van der Waals surface area contributed by atoms with Crippen molar-refractivity contribution in [1.29, 1.82) is 0 Å². The monoisotopic (exact) mass is 361 g/mol. The Hall–Kier alpha value is -2.04. The molecule has 2 rings (SSSR count). The van der Waals surface area contributed by atoms with Crippen LogP contribution in [0.4, 0.5) is 0 Å². The van der Waals surface area contributed by atoms with Crippen LogP contribution in [-0.2, 0) is 9.59 Å². The van der Waals surface area contributed by atoms with E-state index in [9.17, 15) is 14.7 Å². The highest BCUT2D eigenvalue weighted by Gasteiger charge is 2.44. The number of methoxy groups -OCH3 is 1. The zero-order chi connectivity index (χ0) is 19.5. The quantitative estimate of drug-likeness (QED) is 0.806. The number of hydrogen-bond donors (Lipinski definition) is 2. The van der Waals surface area contributed by atoms with Crippen LogP contribution in [0.1, 0.15) is 63.5 Å². The number of benzene rings is 1. The minimum absolute atomic E-state index is 0.233. The van der Waals surface area contributed by atoms with E-state index in [0.717, 1.165) is 29.7 Å². The molecule has 0 spiro atoms. The third kappa shape index (κ3) is 4.19. The second-order valence-electron chi connectivity index (χ2n) is 7.90. The summed E-state index contributed by atoms with van der Waals surface area (Å²) in [6, 6.07) is 5.59. The summed E-state index contributed by atoms with van der Waals surface area (Å²) in [6.07, 6.45) is 2.65. The molecule has 1 saturated carbocycles. The molecule has 1 aromatic rings. The fraction of sp³-hybridized carbons (Fsp3) is 0.619. The molecule has 1 amide bonds. The molecule has 26 heavy (non-hydrogen) atoms. The molecule has 1 unspecified atom stereocenters. The van der Waals surface area contributed by atoms with E-state index in [4.69, 9.17) is 4.74 Å². The van der Waals surface area contributed by atoms with Crippen LogP contribution < -0.4 is 10.1 Å². The van der Waals surface area contributed by atoms with Gasteiger partial charge in [-0.05, 0) is 74.6 Å². The highest BCUT2D eigenvalue weighted by Crippen LogP contribution is 2.36. The first kappa shape index (κ1) is 20.3. The lowest BCUT2D eigenvalue weighted by molar-refractivity contribution is -0.150. The van der Waals surface area contributed by atoms with Crippen molar-refractivity contribution in [1.82, 2.24) is 5.32 Å². The average Bonchev–Trinajstić information content (AvgIpc) is 2.61. The molecule has 0 aliphatic heterocycles. The highest BCUT2D eigenvalue weighted by molar-refractivity contribution is 5.90. The van der Waals surface area contributed by atoms with Gasteiger partial charge in [0.15, 0.2) is 0 Å². The summed E-state index contributed by atoms with van der Waals surface area (Å²) in [5.74, 6) is 0.238. The summed E-state index contributed by atoms with van der Waals surface area (Å²) in [4.78, 5) is 24.8. The van der Waals surface area contributed by atoms with Crippen molar-refractivity contribution < 1.29 is 19.4 Å². The Labute approximate surface area is 156 Å². The van der Waals surface area contributed by atoms with Crippen molar-refractivity contribution in [3.05, 3.63) is 29.3 Å². The SMILES string of the molecule is COc1ccc(C(C)C(=O)NC2(C(=O)O)CCC(C(C)C)CC2)c(C)c1. The smallest absolute Gasteiger partial charge is 0.329 e. The lowest BCUT2D eigenvalue weighted by atomic mass is 9.72. The van der Waals surface area contributed by atoms with Gasteiger partial charge in [-0.1, -0.05) is 19.9 Å². The Morgan fingerprint density at radius 3 is 2.31 bits per heavy atom. The summed E-state index contributed by atoms with van der Waals surface area (Å²) < 4.78 is 5.21. The molecule has 144 valence electrons. The van der Waals surface area contributed by atoms with Crippen molar-refractivity contribution >= 4 is 11.9 Å². The Bertz CT molecular complexity index is 660. The zero-order valence-electron chi connectivity index (χ0n) is 16.5. The van der Waals surface area contributed by atoms with Crippen LogP contribution in [0.5, 0.6) is 5.75 Å². The van der Waals surface area contributed by atoms with E-state index < -0.39 is 17.4 Å². The maximum Gasteiger partial charge on any atom is 0.329 e.